The maximum Gasteiger partial charge on any atom is -0.0352 e. The molecule has 2 saturated carbocycles. The van der Waals surface area contributed by atoms with Crippen LogP contribution in [0.1, 0.15) is 39.5 Å². The molecular formula is C10H18. The van der Waals surface area contributed by atoms with Crippen molar-refractivity contribution in [2.75, 3.05) is 0 Å². The van der Waals surface area contributed by atoms with Crippen LogP contribution in [0.15, 0.2) is 0 Å². The second-order valence-corrected chi connectivity index (χ2v) is 4.50. The number of rotatable bonds is 1. The summed E-state index contributed by atoms with van der Waals surface area (Å²) >= 11 is 0. The van der Waals surface area contributed by atoms with Crippen molar-refractivity contribution in [2.24, 2.45) is 23.7 Å². The lowest BCUT2D eigenvalue weighted by Gasteiger charge is -2.24. The molecule has 0 aliphatic heterocycles. The molecule has 0 bridgehead atoms. The highest BCUT2D eigenvalue weighted by atomic mass is 14.5. The molecule has 2 fully saturated rings. The Bertz CT molecular complexity index is 126. The third kappa shape index (κ3) is 0.980. The molecule has 10 heavy (non-hydrogen) atoms. The van der Waals surface area contributed by atoms with Crippen LogP contribution in [0, 0.1) is 23.7 Å². The van der Waals surface area contributed by atoms with Crippen LogP contribution in [0.25, 0.3) is 0 Å². The van der Waals surface area contributed by atoms with E-state index in [1.165, 1.54) is 18.8 Å². The molecule has 0 spiro atoms. The van der Waals surface area contributed by atoms with Gasteiger partial charge in [-0.05, 0) is 36.5 Å². The molecule has 0 aromatic heterocycles. The van der Waals surface area contributed by atoms with Gasteiger partial charge >= 0.3 is 0 Å². The fourth-order valence-corrected chi connectivity index (χ4v) is 2.78. The van der Waals surface area contributed by atoms with E-state index in [0.29, 0.717) is 0 Å². The third-order valence-electron chi connectivity index (χ3n) is 3.50. The number of hydrogen-bond donors (Lipinski definition) is 0. The Labute approximate surface area is 64.0 Å². The molecule has 0 radical (unpaired) electrons. The minimum atomic E-state index is 0.954. The number of fused-ring (bicyclic) bond motifs is 1. The van der Waals surface area contributed by atoms with Gasteiger partial charge in [-0.3, -0.25) is 0 Å². The predicted molar refractivity (Wildman–Crippen MR) is 43.8 cm³/mol. The van der Waals surface area contributed by atoms with E-state index in [2.05, 4.69) is 13.8 Å². The maximum atomic E-state index is 2.39. The summed E-state index contributed by atoms with van der Waals surface area (Å²) in [6.45, 7) is 4.79. The van der Waals surface area contributed by atoms with E-state index in [9.17, 15) is 0 Å². The summed E-state index contributed by atoms with van der Waals surface area (Å²) in [7, 11) is 0. The Morgan fingerprint density at radius 1 is 1.20 bits per heavy atom. The Kier molecular flexibility index (Phi) is 1.51. The lowest BCUT2D eigenvalue weighted by atomic mass is 9.81. The molecule has 0 amide bonds. The molecule has 2 aliphatic rings. The van der Waals surface area contributed by atoms with Crippen LogP contribution < -0.4 is 0 Å². The Morgan fingerprint density at radius 2 is 2.00 bits per heavy atom. The molecule has 3 atom stereocenters. The molecule has 2 aliphatic carbocycles. The predicted octanol–water partition coefficient (Wildman–Crippen LogP) is 3.08. The largest absolute Gasteiger partial charge is 0.0625 e. The molecular weight excluding hydrogens is 120 g/mol. The monoisotopic (exact) mass is 138 g/mol. The van der Waals surface area contributed by atoms with Crippen molar-refractivity contribution in [1.82, 2.24) is 0 Å². The van der Waals surface area contributed by atoms with Crippen molar-refractivity contribution in [1.29, 1.82) is 0 Å². The molecule has 0 heterocycles. The van der Waals surface area contributed by atoms with Gasteiger partial charge in [0.25, 0.3) is 0 Å². The van der Waals surface area contributed by atoms with E-state index in [1.54, 1.807) is 12.8 Å². The van der Waals surface area contributed by atoms with E-state index in [0.717, 1.165) is 17.8 Å². The minimum absolute atomic E-state index is 0.954. The Hall–Kier alpha value is 0. The summed E-state index contributed by atoms with van der Waals surface area (Å²) in [5.41, 5.74) is 0. The highest BCUT2D eigenvalue weighted by Crippen LogP contribution is 2.54. The van der Waals surface area contributed by atoms with Gasteiger partial charge in [-0.25, -0.2) is 0 Å². The smallest absolute Gasteiger partial charge is 0.0352 e. The van der Waals surface area contributed by atoms with Gasteiger partial charge in [0.1, 0.15) is 0 Å². The molecule has 0 unspecified atom stereocenters. The van der Waals surface area contributed by atoms with Gasteiger partial charge < -0.3 is 0 Å². The zero-order valence-corrected chi connectivity index (χ0v) is 7.14. The van der Waals surface area contributed by atoms with Crippen LogP contribution in [0.2, 0.25) is 0 Å². The zero-order valence-electron chi connectivity index (χ0n) is 7.14. The van der Waals surface area contributed by atoms with Crippen molar-refractivity contribution in [3.8, 4) is 0 Å². The molecule has 0 aromatic carbocycles. The fraction of sp³-hybridized carbons (Fsp3) is 1.00. The molecule has 0 saturated heterocycles. The Balaban J connectivity index is 1.96. The van der Waals surface area contributed by atoms with Crippen LogP contribution >= 0.6 is 0 Å². The highest BCUT2D eigenvalue weighted by molar-refractivity contribution is 4.95. The minimum Gasteiger partial charge on any atom is -0.0625 e. The first kappa shape index (κ1) is 6.69. The average molecular weight is 138 g/mol. The van der Waals surface area contributed by atoms with Gasteiger partial charge in [0, 0.05) is 0 Å². The molecule has 0 N–H and O–H groups in total. The lowest BCUT2D eigenvalue weighted by molar-refractivity contribution is 0.259. The van der Waals surface area contributed by atoms with Gasteiger partial charge in [0.2, 0.25) is 0 Å². The van der Waals surface area contributed by atoms with Crippen molar-refractivity contribution in [3.63, 3.8) is 0 Å². The second kappa shape index (κ2) is 2.25. The quantitative estimate of drug-likeness (QED) is 0.522. The van der Waals surface area contributed by atoms with E-state index >= 15 is 0 Å². The lowest BCUT2D eigenvalue weighted by Crippen LogP contribution is -2.15. The van der Waals surface area contributed by atoms with Gasteiger partial charge in [-0.2, -0.15) is 0 Å². The van der Waals surface area contributed by atoms with E-state index in [-0.39, 0.29) is 0 Å². The molecule has 2 rings (SSSR count). The summed E-state index contributed by atoms with van der Waals surface area (Å²) in [4.78, 5) is 0. The maximum absolute atomic E-state index is 2.39. The fourth-order valence-electron chi connectivity index (χ4n) is 2.78. The van der Waals surface area contributed by atoms with Crippen molar-refractivity contribution >= 4 is 0 Å². The summed E-state index contributed by atoms with van der Waals surface area (Å²) in [5, 5.41) is 0. The first-order valence-electron chi connectivity index (χ1n) is 4.79. The van der Waals surface area contributed by atoms with Gasteiger partial charge in [-0.1, -0.05) is 26.7 Å². The zero-order chi connectivity index (χ0) is 7.14. The van der Waals surface area contributed by atoms with E-state index < -0.39 is 0 Å². The molecule has 0 aromatic rings. The van der Waals surface area contributed by atoms with Crippen LogP contribution in [0.3, 0.4) is 0 Å². The Morgan fingerprint density at radius 3 is 2.60 bits per heavy atom. The second-order valence-electron chi connectivity index (χ2n) is 4.50. The van der Waals surface area contributed by atoms with Crippen molar-refractivity contribution in [2.45, 2.75) is 39.5 Å². The van der Waals surface area contributed by atoms with Crippen LogP contribution in [0.4, 0.5) is 0 Å². The van der Waals surface area contributed by atoms with Gasteiger partial charge in [-0.15, -0.1) is 0 Å². The molecule has 58 valence electrons. The third-order valence-corrected chi connectivity index (χ3v) is 3.50. The van der Waals surface area contributed by atoms with E-state index in [4.69, 9.17) is 0 Å². The summed E-state index contributed by atoms with van der Waals surface area (Å²) in [5.74, 6) is 4.38. The average Bonchev–Trinajstić information content (AvgIpc) is 2.63. The van der Waals surface area contributed by atoms with Crippen molar-refractivity contribution in [3.05, 3.63) is 0 Å². The summed E-state index contributed by atoms with van der Waals surface area (Å²) in [6.07, 6.45) is 6.17. The number of hydrogen-bond acceptors (Lipinski definition) is 0. The topological polar surface area (TPSA) is 0 Å². The normalized spacial score (nSPS) is 45.3. The van der Waals surface area contributed by atoms with Crippen LogP contribution in [-0.4, -0.2) is 0 Å². The first-order chi connectivity index (χ1) is 4.79. The SMILES string of the molecule is CC(C)[C@H]1CCC[C@H]2C[C@H]21. The standard InChI is InChI=1S/C10H18/c1-7(2)9-5-3-4-8-6-10(8)9/h7-10H,3-6H2,1-2H3/t8-,9+,10+/m0/s1. The van der Waals surface area contributed by atoms with Gasteiger partial charge in [0.15, 0.2) is 0 Å². The summed E-state index contributed by atoms with van der Waals surface area (Å²) < 4.78 is 0. The van der Waals surface area contributed by atoms with Crippen LogP contribution in [-0.2, 0) is 0 Å². The first-order valence-corrected chi connectivity index (χ1v) is 4.79. The van der Waals surface area contributed by atoms with Gasteiger partial charge in [0.05, 0.1) is 0 Å². The molecule has 0 nitrogen and oxygen atoms in total. The highest BCUT2D eigenvalue weighted by Gasteiger charge is 2.45. The summed E-state index contributed by atoms with van der Waals surface area (Å²) in [6, 6.07) is 0. The van der Waals surface area contributed by atoms with Crippen LogP contribution in [0.5, 0.6) is 0 Å². The molecule has 0 heteroatoms. The van der Waals surface area contributed by atoms with Crippen molar-refractivity contribution < 1.29 is 0 Å². The van der Waals surface area contributed by atoms with E-state index in [1.807, 2.05) is 0 Å².